The molecule has 0 spiro atoms. The van der Waals surface area contributed by atoms with Crippen LogP contribution in [-0.4, -0.2) is 18.0 Å². The summed E-state index contributed by atoms with van der Waals surface area (Å²) in [4.78, 5) is 12.3. The summed E-state index contributed by atoms with van der Waals surface area (Å²) in [5.74, 6) is 2.54. The molecule has 0 aromatic carbocycles. The van der Waals surface area contributed by atoms with Crippen molar-refractivity contribution in [2.24, 2.45) is 28.6 Å². The number of fused-ring (bicyclic) bond motifs is 5. The molecule has 2 heteroatoms. The zero-order chi connectivity index (χ0) is 14.1. The molecule has 1 heterocycles. The van der Waals surface area contributed by atoms with Gasteiger partial charge in [-0.15, -0.1) is 0 Å². The highest BCUT2D eigenvalue weighted by Crippen LogP contribution is 2.63. The van der Waals surface area contributed by atoms with E-state index in [-0.39, 0.29) is 5.41 Å². The lowest BCUT2D eigenvalue weighted by Gasteiger charge is -2.46. The summed E-state index contributed by atoms with van der Waals surface area (Å²) in [6.07, 6.45) is 8.96. The summed E-state index contributed by atoms with van der Waals surface area (Å²) in [7, 11) is 0. The third kappa shape index (κ3) is 1.52. The zero-order valence-corrected chi connectivity index (χ0v) is 13.2. The Balaban J connectivity index is 1.66. The van der Waals surface area contributed by atoms with Crippen LogP contribution in [-0.2, 0) is 9.53 Å². The molecule has 20 heavy (non-hydrogen) atoms. The largest absolute Gasteiger partial charge is 0.374 e. The van der Waals surface area contributed by atoms with Crippen LogP contribution in [0.5, 0.6) is 0 Å². The van der Waals surface area contributed by atoms with Crippen molar-refractivity contribution in [3.8, 4) is 0 Å². The van der Waals surface area contributed by atoms with E-state index in [9.17, 15) is 4.79 Å². The Morgan fingerprint density at radius 3 is 2.70 bits per heavy atom. The molecule has 0 N–H and O–H groups in total. The number of hydrogen-bond acceptors (Lipinski definition) is 2. The molecule has 3 aliphatic carbocycles. The Kier molecular flexibility index (Phi) is 2.72. The number of hydrogen-bond donors (Lipinski definition) is 0. The second-order valence-electron chi connectivity index (χ2n) is 8.61. The van der Waals surface area contributed by atoms with Gasteiger partial charge in [0.05, 0.1) is 12.2 Å². The molecule has 3 saturated carbocycles. The minimum absolute atomic E-state index is 0.0589. The second-order valence-corrected chi connectivity index (χ2v) is 8.61. The number of carbonyl (C=O) groups is 1. The van der Waals surface area contributed by atoms with Gasteiger partial charge >= 0.3 is 0 Å². The van der Waals surface area contributed by atoms with Crippen molar-refractivity contribution in [2.45, 2.75) is 77.9 Å². The van der Waals surface area contributed by atoms with Crippen LogP contribution in [0.25, 0.3) is 0 Å². The molecule has 4 aliphatic rings. The topological polar surface area (TPSA) is 26.3 Å². The summed E-state index contributed by atoms with van der Waals surface area (Å²) < 4.78 is 6.62. The molecule has 4 fully saturated rings. The lowest BCUT2D eigenvalue weighted by Crippen LogP contribution is -2.46. The maximum absolute atomic E-state index is 12.3. The molecule has 0 aromatic rings. The molecule has 4 rings (SSSR count). The van der Waals surface area contributed by atoms with Gasteiger partial charge in [0, 0.05) is 11.8 Å². The van der Waals surface area contributed by atoms with Crippen molar-refractivity contribution in [3.63, 3.8) is 0 Å². The first-order chi connectivity index (χ1) is 9.45. The van der Waals surface area contributed by atoms with Gasteiger partial charge in [0.15, 0.2) is 0 Å². The van der Waals surface area contributed by atoms with Gasteiger partial charge in [-0.3, -0.25) is 4.79 Å². The fourth-order valence-corrected chi connectivity index (χ4v) is 6.04. The third-order valence-electron chi connectivity index (χ3n) is 7.60. The summed E-state index contributed by atoms with van der Waals surface area (Å²) in [5.41, 5.74) is 0.334. The quantitative estimate of drug-likeness (QED) is 0.669. The van der Waals surface area contributed by atoms with Crippen molar-refractivity contribution >= 4 is 5.78 Å². The zero-order valence-electron chi connectivity index (χ0n) is 13.2. The summed E-state index contributed by atoms with van der Waals surface area (Å²) >= 11 is 0. The molecule has 0 bridgehead atoms. The molecular weight excluding hydrogens is 248 g/mol. The first-order valence-electron chi connectivity index (χ1n) is 8.64. The average Bonchev–Trinajstić information content (AvgIpc) is 2.86. The van der Waals surface area contributed by atoms with Gasteiger partial charge in [-0.2, -0.15) is 0 Å². The standard InChI is InChI=1S/C18H28O2/c1-11-6-8-18(3)13-7-9-17(2)12(4-5-14(17)19)16(13)20-15(18)10-11/h11-13,15-16H,4-10H2,1-3H3/t11-,12?,13?,15-,16+,17-,18+/m0/s1. The summed E-state index contributed by atoms with van der Waals surface area (Å²) in [6, 6.07) is 0. The monoisotopic (exact) mass is 276 g/mol. The van der Waals surface area contributed by atoms with E-state index >= 15 is 0 Å². The van der Waals surface area contributed by atoms with Crippen LogP contribution in [0.1, 0.15) is 65.7 Å². The van der Waals surface area contributed by atoms with E-state index in [2.05, 4.69) is 20.8 Å². The normalized spacial score (nSPS) is 58.1. The van der Waals surface area contributed by atoms with Crippen molar-refractivity contribution < 1.29 is 9.53 Å². The maximum atomic E-state index is 12.3. The first-order valence-corrected chi connectivity index (χ1v) is 8.64. The van der Waals surface area contributed by atoms with Crippen LogP contribution in [0.3, 0.4) is 0 Å². The number of ether oxygens (including phenoxy) is 1. The molecular formula is C18H28O2. The predicted molar refractivity (Wildman–Crippen MR) is 78.3 cm³/mol. The molecule has 2 unspecified atom stereocenters. The highest BCUT2D eigenvalue weighted by molar-refractivity contribution is 5.87. The Hall–Kier alpha value is -0.370. The van der Waals surface area contributed by atoms with Gasteiger partial charge in [-0.25, -0.2) is 0 Å². The number of ketones is 1. The number of carbonyl (C=O) groups excluding carboxylic acids is 1. The van der Waals surface area contributed by atoms with E-state index in [1.54, 1.807) is 0 Å². The molecule has 1 saturated heterocycles. The highest BCUT2D eigenvalue weighted by Gasteiger charge is 2.63. The Morgan fingerprint density at radius 2 is 1.90 bits per heavy atom. The van der Waals surface area contributed by atoms with E-state index < -0.39 is 0 Å². The van der Waals surface area contributed by atoms with Gasteiger partial charge in [0.2, 0.25) is 0 Å². The van der Waals surface area contributed by atoms with Gasteiger partial charge < -0.3 is 4.74 Å². The molecule has 0 amide bonds. The lowest BCUT2D eigenvalue weighted by molar-refractivity contribution is -0.133. The first kappa shape index (κ1) is 13.3. The van der Waals surface area contributed by atoms with Crippen LogP contribution in [0.2, 0.25) is 0 Å². The van der Waals surface area contributed by atoms with Crippen LogP contribution >= 0.6 is 0 Å². The van der Waals surface area contributed by atoms with Gasteiger partial charge in [0.1, 0.15) is 5.78 Å². The minimum Gasteiger partial charge on any atom is -0.374 e. The molecule has 7 atom stereocenters. The van der Waals surface area contributed by atoms with Crippen molar-refractivity contribution in [3.05, 3.63) is 0 Å². The molecule has 1 aliphatic heterocycles. The predicted octanol–water partition coefficient (Wildman–Crippen LogP) is 3.98. The molecule has 2 nitrogen and oxygen atoms in total. The molecule has 0 aromatic heterocycles. The van der Waals surface area contributed by atoms with Crippen LogP contribution in [0.4, 0.5) is 0 Å². The maximum Gasteiger partial charge on any atom is 0.139 e. The fourth-order valence-electron chi connectivity index (χ4n) is 6.04. The number of rotatable bonds is 0. The van der Waals surface area contributed by atoms with Crippen LogP contribution in [0.15, 0.2) is 0 Å². The van der Waals surface area contributed by atoms with Gasteiger partial charge in [-0.05, 0) is 61.7 Å². The van der Waals surface area contributed by atoms with Crippen LogP contribution in [0, 0.1) is 28.6 Å². The summed E-state index contributed by atoms with van der Waals surface area (Å²) in [6.45, 7) is 7.07. The number of Topliss-reactive ketones (excluding diaryl/α,β-unsaturated/α-hetero) is 1. The van der Waals surface area contributed by atoms with Gasteiger partial charge in [0.25, 0.3) is 0 Å². The van der Waals surface area contributed by atoms with E-state index in [0.29, 0.717) is 35.2 Å². The van der Waals surface area contributed by atoms with Gasteiger partial charge in [-0.1, -0.05) is 20.8 Å². The second kappa shape index (κ2) is 4.09. The molecule has 0 radical (unpaired) electrons. The minimum atomic E-state index is -0.0589. The van der Waals surface area contributed by atoms with Crippen molar-refractivity contribution in [1.29, 1.82) is 0 Å². The molecule has 112 valence electrons. The summed E-state index contributed by atoms with van der Waals surface area (Å²) in [5, 5.41) is 0. The van der Waals surface area contributed by atoms with Crippen molar-refractivity contribution in [1.82, 2.24) is 0 Å². The average molecular weight is 276 g/mol. The van der Waals surface area contributed by atoms with E-state index in [0.717, 1.165) is 25.2 Å². The third-order valence-corrected chi connectivity index (χ3v) is 7.60. The van der Waals surface area contributed by atoms with E-state index in [1.807, 2.05) is 0 Å². The van der Waals surface area contributed by atoms with E-state index in [4.69, 9.17) is 4.74 Å². The lowest BCUT2D eigenvalue weighted by atomic mass is 9.56. The Bertz CT molecular complexity index is 445. The SMILES string of the molecule is C[C@H]1CC[C@]2(C)C3CC[C@]4(C)C(=O)CCC4[C@H]3O[C@H]2C1. The van der Waals surface area contributed by atoms with E-state index in [1.165, 1.54) is 25.7 Å². The fraction of sp³-hybridized carbons (Fsp3) is 0.944. The highest BCUT2D eigenvalue weighted by atomic mass is 16.5. The van der Waals surface area contributed by atoms with Crippen molar-refractivity contribution in [2.75, 3.05) is 0 Å². The Labute approximate surface area is 122 Å². The van der Waals surface area contributed by atoms with Crippen LogP contribution < -0.4 is 0 Å². The Morgan fingerprint density at radius 1 is 1.10 bits per heavy atom. The smallest absolute Gasteiger partial charge is 0.139 e.